The third-order valence-corrected chi connectivity index (χ3v) is 2.94. The molecule has 98 valence electrons. The van der Waals surface area contributed by atoms with Crippen molar-refractivity contribution in [3.63, 3.8) is 0 Å². The van der Waals surface area contributed by atoms with E-state index in [4.69, 9.17) is 5.73 Å². The van der Waals surface area contributed by atoms with E-state index in [2.05, 4.69) is 4.90 Å². The molecule has 17 heavy (non-hydrogen) atoms. The summed E-state index contributed by atoms with van der Waals surface area (Å²) >= 11 is 0. The Morgan fingerprint density at radius 1 is 1.24 bits per heavy atom. The Hall–Kier alpha value is -0.510. The fraction of sp³-hybridized carbons (Fsp3) is 0.500. The fourth-order valence-electron chi connectivity index (χ4n) is 2.02. The lowest BCUT2D eigenvalue weighted by Crippen LogP contribution is -2.19. The van der Waals surface area contributed by atoms with Crippen LogP contribution in [-0.2, 0) is 0 Å². The molecule has 2 rings (SSSR count). The minimum absolute atomic E-state index is 0. The van der Waals surface area contributed by atoms with Crippen molar-refractivity contribution in [3.05, 3.63) is 29.6 Å². The Morgan fingerprint density at radius 2 is 1.82 bits per heavy atom. The van der Waals surface area contributed by atoms with Gasteiger partial charge in [-0.3, -0.25) is 0 Å². The number of halogens is 3. The second-order valence-corrected chi connectivity index (χ2v) is 4.19. The highest BCUT2D eigenvalue weighted by molar-refractivity contribution is 5.85. The molecule has 0 aromatic heterocycles. The summed E-state index contributed by atoms with van der Waals surface area (Å²) in [5.74, 6) is -0.147. The topological polar surface area (TPSA) is 29.3 Å². The van der Waals surface area contributed by atoms with Crippen LogP contribution < -0.4 is 10.6 Å². The first-order valence-electron chi connectivity index (χ1n) is 5.48. The van der Waals surface area contributed by atoms with Crippen LogP contribution in [0, 0.1) is 5.82 Å². The van der Waals surface area contributed by atoms with Crippen molar-refractivity contribution in [3.8, 4) is 0 Å². The fourth-order valence-corrected chi connectivity index (χ4v) is 2.02. The monoisotopic (exact) mass is 280 g/mol. The van der Waals surface area contributed by atoms with E-state index >= 15 is 0 Å². The first-order chi connectivity index (χ1) is 7.18. The predicted octanol–water partition coefficient (Wildman–Crippen LogP) is 3.29. The van der Waals surface area contributed by atoms with Gasteiger partial charge in [-0.2, -0.15) is 0 Å². The van der Waals surface area contributed by atoms with Crippen molar-refractivity contribution >= 4 is 30.5 Å². The lowest BCUT2D eigenvalue weighted by atomic mass is 10.1. The van der Waals surface area contributed by atoms with Gasteiger partial charge in [0, 0.05) is 19.1 Å². The standard InChI is InChI=1S/C12H17FN2.2ClH/c1-9(14)10-4-5-12(11(13)8-10)15-6-2-3-7-15;;/h4-5,8-9H,2-3,6-7,14H2,1H3;2*1H. The van der Waals surface area contributed by atoms with Gasteiger partial charge in [-0.1, -0.05) is 6.07 Å². The Balaban J connectivity index is 0.00000128. The van der Waals surface area contributed by atoms with E-state index in [0.29, 0.717) is 0 Å². The molecular formula is C12H19Cl2FN2. The van der Waals surface area contributed by atoms with Gasteiger partial charge < -0.3 is 10.6 Å². The zero-order valence-electron chi connectivity index (χ0n) is 9.86. The molecule has 2 N–H and O–H groups in total. The molecule has 1 aromatic rings. The van der Waals surface area contributed by atoms with Crippen molar-refractivity contribution in [2.75, 3.05) is 18.0 Å². The van der Waals surface area contributed by atoms with Crippen LogP contribution in [-0.4, -0.2) is 13.1 Å². The SMILES string of the molecule is CC(N)c1ccc(N2CCCC2)c(F)c1.Cl.Cl. The second-order valence-electron chi connectivity index (χ2n) is 4.19. The van der Waals surface area contributed by atoms with E-state index in [1.807, 2.05) is 19.1 Å². The number of nitrogens with two attached hydrogens (primary N) is 1. The van der Waals surface area contributed by atoms with Crippen molar-refractivity contribution in [1.82, 2.24) is 0 Å². The molecule has 1 aliphatic heterocycles. The van der Waals surface area contributed by atoms with E-state index in [-0.39, 0.29) is 36.7 Å². The van der Waals surface area contributed by atoms with Crippen molar-refractivity contribution in [1.29, 1.82) is 0 Å². The summed E-state index contributed by atoms with van der Waals surface area (Å²) in [6, 6.07) is 5.21. The van der Waals surface area contributed by atoms with Gasteiger partial charge in [-0.05, 0) is 37.5 Å². The van der Waals surface area contributed by atoms with Crippen molar-refractivity contribution in [2.24, 2.45) is 5.73 Å². The number of nitrogens with zero attached hydrogens (tertiary/aromatic N) is 1. The number of rotatable bonds is 2. The first-order valence-corrected chi connectivity index (χ1v) is 5.48. The summed E-state index contributed by atoms with van der Waals surface area (Å²) in [6.45, 7) is 3.80. The molecule has 5 heteroatoms. The second kappa shape index (κ2) is 7.04. The summed E-state index contributed by atoms with van der Waals surface area (Å²) < 4.78 is 13.8. The van der Waals surface area contributed by atoms with Gasteiger partial charge in [0.05, 0.1) is 5.69 Å². The lowest BCUT2D eigenvalue weighted by molar-refractivity contribution is 0.618. The molecule has 0 spiro atoms. The summed E-state index contributed by atoms with van der Waals surface area (Å²) in [7, 11) is 0. The minimum atomic E-state index is -0.147. The molecule has 1 heterocycles. The van der Waals surface area contributed by atoms with Crippen LogP contribution in [0.25, 0.3) is 0 Å². The molecule has 2 nitrogen and oxygen atoms in total. The molecule has 0 saturated carbocycles. The van der Waals surface area contributed by atoms with Crippen LogP contribution in [0.15, 0.2) is 18.2 Å². The van der Waals surface area contributed by atoms with E-state index in [1.165, 1.54) is 0 Å². The third-order valence-electron chi connectivity index (χ3n) is 2.94. The normalized spacial score (nSPS) is 16.1. The maximum absolute atomic E-state index is 13.8. The van der Waals surface area contributed by atoms with Gasteiger partial charge >= 0.3 is 0 Å². The van der Waals surface area contributed by atoms with Gasteiger partial charge in [0.2, 0.25) is 0 Å². The number of benzene rings is 1. The number of hydrogen-bond acceptors (Lipinski definition) is 2. The van der Waals surface area contributed by atoms with Crippen LogP contribution in [0.4, 0.5) is 10.1 Å². The highest BCUT2D eigenvalue weighted by Crippen LogP contribution is 2.25. The molecule has 1 fully saturated rings. The van der Waals surface area contributed by atoms with Crippen LogP contribution in [0.3, 0.4) is 0 Å². The van der Waals surface area contributed by atoms with E-state index in [9.17, 15) is 4.39 Å². The van der Waals surface area contributed by atoms with E-state index in [1.54, 1.807) is 6.07 Å². The molecule has 0 amide bonds. The average Bonchev–Trinajstić information content (AvgIpc) is 2.70. The summed E-state index contributed by atoms with van der Waals surface area (Å²) in [4.78, 5) is 2.10. The molecule has 1 aliphatic rings. The minimum Gasteiger partial charge on any atom is -0.369 e. The molecular weight excluding hydrogens is 262 g/mol. The Kier molecular flexibility index (Phi) is 6.83. The number of anilines is 1. The van der Waals surface area contributed by atoms with Crippen LogP contribution in [0.1, 0.15) is 31.4 Å². The van der Waals surface area contributed by atoms with Gasteiger partial charge in [0.15, 0.2) is 0 Å². The summed E-state index contributed by atoms with van der Waals surface area (Å²) in [5, 5.41) is 0. The zero-order valence-corrected chi connectivity index (χ0v) is 11.5. The van der Waals surface area contributed by atoms with E-state index < -0.39 is 0 Å². The van der Waals surface area contributed by atoms with Crippen LogP contribution in [0.2, 0.25) is 0 Å². The van der Waals surface area contributed by atoms with Gasteiger partial charge in [-0.25, -0.2) is 4.39 Å². The Morgan fingerprint density at radius 3 is 2.29 bits per heavy atom. The largest absolute Gasteiger partial charge is 0.369 e. The van der Waals surface area contributed by atoms with Gasteiger partial charge in [0.25, 0.3) is 0 Å². The van der Waals surface area contributed by atoms with Gasteiger partial charge in [0.1, 0.15) is 5.82 Å². The van der Waals surface area contributed by atoms with E-state index in [0.717, 1.165) is 37.2 Å². The van der Waals surface area contributed by atoms with Crippen LogP contribution in [0.5, 0.6) is 0 Å². The molecule has 1 saturated heterocycles. The lowest BCUT2D eigenvalue weighted by Gasteiger charge is -2.19. The Labute approximate surface area is 114 Å². The molecule has 1 atom stereocenters. The van der Waals surface area contributed by atoms with Crippen molar-refractivity contribution in [2.45, 2.75) is 25.8 Å². The smallest absolute Gasteiger partial charge is 0.146 e. The molecule has 0 bridgehead atoms. The van der Waals surface area contributed by atoms with Crippen molar-refractivity contribution < 1.29 is 4.39 Å². The highest BCUT2D eigenvalue weighted by Gasteiger charge is 2.16. The first kappa shape index (κ1) is 16.5. The zero-order chi connectivity index (χ0) is 10.8. The average molecular weight is 281 g/mol. The molecule has 0 aliphatic carbocycles. The summed E-state index contributed by atoms with van der Waals surface area (Å²) in [5.41, 5.74) is 7.28. The quantitative estimate of drug-likeness (QED) is 0.901. The molecule has 1 unspecified atom stereocenters. The number of hydrogen-bond donors (Lipinski definition) is 1. The van der Waals surface area contributed by atoms with Crippen LogP contribution >= 0.6 is 24.8 Å². The maximum atomic E-state index is 13.8. The van der Waals surface area contributed by atoms with Gasteiger partial charge in [-0.15, -0.1) is 24.8 Å². The maximum Gasteiger partial charge on any atom is 0.146 e. The molecule has 0 radical (unpaired) electrons. The summed E-state index contributed by atoms with van der Waals surface area (Å²) in [6.07, 6.45) is 2.32. The predicted molar refractivity (Wildman–Crippen MR) is 74.9 cm³/mol. The highest BCUT2D eigenvalue weighted by atomic mass is 35.5. The molecule has 1 aromatic carbocycles. The third kappa shape index (κ3) is 3.73. The Bertz CT molecular complexity index is 352.